The van der Waals surface area contributed by atoms with Gasteiger partial charge in [0, 0.05) is 89.0 Å². The first-order valence-corrected chi connectivity index (χ1v) is 22.8. The largest absolute Gasteiger partial charge is 0.455 e. The van der Waals surface area contributed by atoms with Crippen molar-refractivity contribution in [2.45, 2.75) is 23.3 Å². The number of aromatic amines is 1. The van der Waals surface area contributed by atoms with Crippen molar-refractivity contribution in [1.82, 2.24) is 19.6 Å². The van der Waals surface area contributed by atoms with Crippen molar-refractivity contribution < 1.29 is 51.2 Å². The predicted octanol–water partition coefficient (Wildman–Crippen LogP) is 5.33. The number of β-amino-alcohol motifs (C(OH)–C–C–N with tert-alkyl or cyclic N) is 1. The van der Waals surface area contributed by atoms with Gasteiger partial charge >= 0.3 is 0 Å². The lowest BCUT2D eigenvalue weighted by atomic mass is 9.85. The van der Waals surface area contributed by atoms with Crippen LogP contribution in [0.15, 0.2) is 114 Å². The highest BCUT2D eigenvalue weighted by atomic mass is 32.2. The van der Waals surface area contributed by atoms with Crippen molar-refractivity contribution in [3.05, 3.63) is 138 Å². The molecule has 8 rings (SSSR count). The van der Waals surface area contributed by atoms with Crippen molar-refractivity contribution in [3.8, 4) is 11.5 Å². The maximum absolute atomic E-state index is 14.5. The molecule has 2 fully saturated rings. The van der Waals surface area contributed by atoms with Crippen molar-refractivity contribution >= 4 is 44.0 Å². The van der Waals surface area contributed by atoms with Gasteiger partial charge in [0.25, 0.3) is 15.9 Å². The number of sulfonamides is 1. The number of nitrogens with zero attached hydrogens (tertiary/aromatic N) is 3. The van der Waals surface area contributed by atoms with Gasteiger partial charge in [-0.1, -0.05) is 36.4 Å². The molecule has 0 saturated carbocycles. The molecular weight excluding hydrogens is 861 g/mol. The summed E-state index contributed by atoms with van der Waals surface area (Å²) in [4.78, 5) is 31.2. The Morgan fingerprint density at radius 1 is 0.938 bits per heavy atom. The molecule has 4 heterocycles. The van der Waals surface area contributed by atoms with E-state index in [0.29, 0.717) is 90.9 Å². The third-order valence-electron chi connectivity index (χ3n) is 11.9. The summed E-state index contributed by atoms with van der Waals surface area (Å²) in [6.45, 7) is 4.18. The van der Waals surface area contributed by atoms with Crippen LogP contribution in [0.1, 0.15) is 34.3 Å². The van der Waals surface area contributed by atoms with Gasteiger partial charge < -0.3 is 34.5 Å². The standard InChI is InChI=1S/C47H51F2N7O8S/c1-61-31-56(62-2)43-27-38(10-13-42(43)51-28-32-15-22-63-23-16-32)65(59,60)53-46(57)39-11-9-36(26-44(39)64-37-24-33-14-17-50-45(33)52-29-37)55-20-18-54(19-21-55)30-47(58,34-6-4-3-5-7-34)35-8-12-40(48)41(49)25-35/h3-14,17,24-27,29,32,51,58H,15-16,18-23,28,30-31H2,1-2H3,(H,50,52)(H,53,57)/p+1. The quantitative estimate of drug-likeness (QED) is 0.0590. The number of ether oxygens (including phenoxy) is 3. The van der Waals surface area contributed by atoms with Crippen LogP contribution in [-0.2, 0) is 29.9 Å². The molecule has 342 valence electrons. The molecule has 4 aromatic carbocycles. The molecule has 65 heavy (non-hydrogen) atoms. The van der Waals surface area contributed by atoms with Gasteiger partial charge in [-0.25, -0.2) is 31.7 Å². The second kappa shape index (κ2) is 20.0. The number of methoxy groups -OCH3 is 1. The van der Waals surface area contributed by atoms with Gasteiger partial charge in [-0.05, 0) is 78.4 Å². The molecule has 0 aliphatic carbocycles. The van der Waals surface area contributed by atoms with E-state index >= 15 is 0 Å². The van der Waals surface area contributed by atoms with Crippen molar-refractivity contribution in [2.75, 3.05) is 83.6 Å². The highest BCUT2D eigenvalue weighted by molar-refractivity contribution is 7.90. The number of hydrogen-bond donors (Lipinski definition) is 5. The van der Waals surface area contributed by atoms with E-state index in [9.17, 15) is 27.1 Å². The number of piperazine rings is 1. The zero-order valence-electron chi connectivity index (χ0n) is 36.1. The zero-order valence-corrected chi connectivity index (χ0v) is 36.9. The Morgan fingerprint density at radius 3 is 2.46 bits per heavy atom. The highest BCUT2D eigenvalue weighted by Gasteiger charge is 2.36. The number of anilines is 2. The number of quaternary nitrogens is 1. The van der Waals surface area contributed by atoms with Crippen molar-refractivity contribution in [2.24, 2.45) is 5.92 Å². The predicted molar refractivity (Wildman–Crippen MR) is 240 cm³/mol. The van der Waals surface area contributed by atoms with E-state index in [1.807, 2.05) is 12.1 Å². The number of aromatic nitrogens is 2. The van der Waals surface area contributed by atoms with Gasteiger partial charge in [0.2, 0.25) is 6.73 Å². The number of pyridine rings is 1. The third-order valence-corrected chi connectivity index (χ3v) is 13.3. The smallest absolute Gasteiger partial charge is 0.268 e. The first-order chi connectivity index (χ1) is 31.4. The fourth-order valence-electron chi connectivity index (χ4n) is 8.28. The molecule has 15 nitrogen and oxygen atoms in total. The summed E-state index contributed by atoms with van der Waals surface area (Å²) in [7, 11) is -1.45. The molecule has 6 aromatic rings. The normalized spacial score (nSPS) is 16.5. The number of aliphatic hydroxyl groups is 1. The van der Waals surface area contributed by atoms with Gasteiger partial charge in [0.1, 0.15) is 22.7 Å². The molecule has 2 aliphatic heterocycles. The topological polar surface area (TPSA) is 172 Å². The van der Waals surface area contributed by atoms with E-state index in [0.717, 1.165) is 30.4 Å². The SMILES string of the molecule is COC[NH+](OC)c1cc(S(=O)(=O)NC(=O)c2ccc(N3CCN(CC(O)(c4ccccc4)c4ccc(F)c(F)c4)CC3)cc2Oc2cnc3[nH]ccc3c2)ccc1NCC1CCOCC1. The number of amides is 1. The van der Waals surface area contributed by atoms with E-state index < -0.39 is 33.2 Å². The number of carbonyl (C=O) groups excluding carboxylic acids is 1. The number of hydroxylamine groups is 1. The van der Waals surface area contributed by atoms with E-state index in [1.165, 1.54) is 44.7 Å². The molecule has 0 spiro atoms. The molecule has 0 radical (unpaired) electrons. The zero-order chi connectivity index (χ0) is 45.6. The van der Waals surface area contributed by atoms with Crippen LogP contribution in [-0.4, -0.2) is 108 Å². The lowest BCUT2D eigenvalue weighted by molar-refractivity contribution is -1.05. The number of hydrogen-bond acceptors (Lipinski definition) is 12. The Morgan fingerprint density at radius 2 is 1.72 bits per heavy atom. The molecule has 2 saturated heterocycles. The van der Waals surface area contributed by atoms with Crippen molar-refractivity contribution in [1.29, 1.82) is 0 Å². The molecule has 1 amide bonds. The summed E-state index contributed by atoms with van der Waals surface area (Å²) in [5.41, 5.74) is 1.57. The Kier molecular flexibility index (Phi) is 14.0. The van der Waals surface area contributed by atoms with Crippen LogP contribution in [0.3, 0.4) is 0 Å². The number of nitrogens with one attached hydrogen (secondary N) is 4. The summed E-state index contributed by atoms with van der Waals surface area (Å²) in [5.74, 6) is -2.17. The third kappa shape index (κ3) is 10.4. The minimum absolute atomic E-state index is 0.0388. The monoisotopic (exact) mass is 912 g/mol. The summed E-state index contributed by atoms with van der Waals surface area (Å²) in [5, 5.41) is 16.8. The fourth-order valence-corrected chi connectivity index (χ4v) is 9.27. The van der Waals surface area contributed by atoms with Gasteiger partial charge in [-0.15, -0.1) is 5.06 Å². The number of rotatable bonds is 17. The number of halogens is 2. The van der Waals surface area contributed by atoms with Gasteiger partial charge in [-0.3, -0.25) is 9.69 Å². The molecule has 0 bridgehead atoms. The summed E-state index contributed by atoms with van der Waals surface area (Å²) in [6.07, 6.45) is 5.06. The minimum Gasteiger partial charge on any atom is -0.455 e. The lowest BCUT2D eigenvalue weighted by Gasteiger charge is -2.41. The lowest BCUT2D eigenvalue weighted by Crippen LogP contribution is -3.06. The molecule has 5 N–H and O–H groups in total. The van der Waals surface area contributed by atoms with Crippen molar-refractivity contribution in [3.63, 3.8) is 0 Å². The molecule has 2 aliphatic rings. The van der Waals surface area contributed by atoms with Gasteiger partial charge in [-0.2, -0.15) is 0 Å². The molecule has 2 atom stereocenters. The summed E-state index contributed by atoms with van der Waals surface area (Å²) >= 11 is 0. The molecular formula is C47H52F2N7O8S+. The Bertz CT molecular complexity index is 2710. The highest BCUT2D eigenvalue weighted by Crippen LogP contribution is 2.35. The van der Waals surface area contributed by atoms with Crippen LogP contribution >= 0.6 is 0 Å². The minimum atomic E-state index is -4.45. The van der Waals surface area contributed by atoms with Crippen LogP contribution in [0.5, 0.6) is 11.5 Å². The van der Waals surface area contributed by atoms with E-state index in [-0.39, 0.29) is 35.0 Å². The maximum atomic E-state index is 14.5. The Balaban J connectivity index is 1.03. The average molecular weight is 913 g/mol. The molecule has 18 heteroatoms. The second-order valence-electron chi connectivity index (χ2n) is 16.1. The number of carbonyl (C=O) groups is 1. The maximum Gasteiger partial charge on any atom is 0.268 e. The van der Waals surface area contributed by atoms with E-state index in [4.69, 9.17) is 19.0 Å². The first kappa shape index (κ1) is 45.6. The van der Waals surface area contributed by atoms with Crippen LogP contribution < -0.4 is 24.7 Å². The first-order valence-electron chi connectivity index (χ1n) is 21.3. The van der Waals surface area contributed by atoms with Crippen LogP contribution in [0.4, 0.5) is 25.8 Å². The average Bonchev–Trinajstić information content (AvgIpc) is 3.80. The second-order valence-corrected chi connectivity index (χ2v) is 17.8. The van der Waals surface area contributed by atoms with Gasteiger partial charge in [0.15, 0.2) is 17.3 Å². The van der Waals surface area contributed by atoms with Crippen LogP contribution in [0, 0.1) is 17.6 Å². The van der Waals surface area contributed by atoms with Crippen LogP contribution in [0.25, 0.3) is 11.0 Å². The fraction of sp³-hybridized carbons (Fsp3) is 0.319. The molecule has 2 aromatic heterocycles. The van der Waals surface area contributed by atoms with E-state index in [2.05, 4.69) is 29.8 Å². The summed E-state index contributed by atoms with van der Waals surface area (Å²) in [6, 6.07) is 25.4. The van der Waals surface area contributed by atoms with Gasteiger partial charge in [0.05, 0.1) is 29.5 Å². The number of fused-ring (bicyclic) bond motifs is 1. The molecule has 2 unspecified atom stereocenters. The Hall–Kier alpha value is -5.99. The number of benzene rings is 4. The Labute approximate surface area is 375 Å². The summed E-state index contributed by atoms with van der Waals surface area (Å²) < 4.78 is 76.0. The number of H-pyrrole nitrogens is 1. The van der Waals surface area contributed by atoms with Crippen LogP contribution in [0.2, 0.25) is 0 Å². The van der Waals surface area contributed by atoms with E-state index in [1.54, 1.807) is 54.7 Å².